The summed E-state index contributed by atoms with van der Waals surface area (Å²) in [5.41, 5.74) is 3.31. The van der Waals surface area contributed by atoms with E-state index in [0.29, 0.717) is 61.5 Å². The Balaban J connectivity index is 1.13. The summed E-state index contributed by atoms with van der Waals surface area (Å²) in [6, 6.07) is 23.2. The minimum atomic E-state index is -3.46. The largest absolute Gasteiger partial charge is 0.395 e. The molecule has 3 fully saturated rings. The monoisotopic (exact) mass is 778 g/mol. The van der Waals surface area contributed by atoms with Crippen molar-refractivity contribution in [3.05, 3.63) is 101 Å². The van der Waals surface area contributed by atoms with Gasteiger partial charge >= 0.3 is 0 Å². The lowest BCUT2D eigenvalue weighted by atomic mass is 9.82. The van der Waals surface area contributed by atoms with Crippen LogP contribution in [0.1, 0.15) is 80.2 Å². The molecule has 5 heterocycles. The molecule has 1 spiro atoms. The molecular formula is C43H51FN6O5Si. The van der Waals surface area contributed by atoms with Crippen molar-refractivity contribution < 1.29 is 28.3 Å². The van der Waals surface area contributed by atoms with E-state index in [1.165, 1.54) is 0 Å². The third-order valence-electron chi connectivity index (χ3n) is 12.4. The number of hydrogen-bond donors (Lipinski definition) is 1. The molecule has 0 radical (unpaired) electrons. The molecule has 0 saturated carbocycles. The van der Waals surface area contributed by atoms with Crippen molar-refractivity contribution in [1.82, 2.24) is 15.0 Å². The Labute approximate surface area is 328 Å². The van der Waals surface area contributed by atoms with Crippen LogP contribution in [0.3, 0.4) is 0 Å². The van der Waals surface area contributed by atoms with Gasteiger partial charge in [-0.1, -0.05) is 54.6 Å². The maximum Gasteiger partial charge on any atom is 0.264 e. The summed E-state index contributed by atoms with van der Waals surface area (Å²) in [6.45, 7) is 7.08. The number of amides is 3. The van der Waals surface area contributed by atoms with Crippen LogP contribution in [-0.4, -0.2) is 72.0 Å². The average Bonchev–Trinajstić information content (AvgIpc) is 3.85. The van der Waals surface area contributed by atoms with Gasteiger partial charge in [0.2, 0.25) is 20.2 Å². The molecule has 294 valence electrons. The number of aliphatic hydroxyl groups is 1. The highest BCUT2D eigenvalue weighted by Crippen LogP contribution is 2.61. The first-order chi connectivity index (χ1) is 27.0. The number of piperidine rings is 2. The van der Waals surface area contributed by atoms with E-state index >= 15 is 8.90 Å². The number of halogens is 1. The van der Waals surface area contributed by atoms with E-state index in [0.717, 1.165) is 42.5 Å². The molecule has 5 atom stereocenters. The van der Waals surface area contributed by atoms with E-state index < -0.39 is 31.6 Å². The lowest BCUT2D eigenvalue weighted by molar-refractivity contribution is -0.146. The van der Waals surface area contributed by atoms with Crippen LogP contribution in [0.15, 0.2) is 79.0 Å². The Morgan fingerprint density at radius 1 is 0.911 bits per heavy atom. The molecule has 4 aliphatic heterocycles. The molecule has 8 rings (SSSR count). The SMILES string of the molecule is C[C@H]1[C@H]([Si](C)(C)F)[C@@H](CCn2cc(C(CO)c3ccccc3)nn2)O[C@]12C(=O)N(Cc1cccc(N3CCCCC3=O)c1)c1ccc(N3CCCCC3=O)cc12. The number of aromatic nitrogens is 3. The van der Waals surface area contributed by atoms with E-state index in [9.17, 15) is 14.7 Å². The lowest BCUT2D eigenvalue weighted by Gasteiger charge is -2.32. The minimum Gasteiger partial charge on any atom is -0.395 e. The van der Waals surface area contributed by atoms with Gasteiger partial charge < -0.3 is 28.7 Å². The van der Waals surface area contributed by atoms with Crippen LogP contribution in [0.25, 0.3) is 0 Å². The van der Waals surface area contributed by atoms with Gasteiger partial charge in [0, 0.05) is 67.1 Å². The molecule has 11 nitrogen and oxygen atoms in total. The highest BCUT2D eigenvalue weighted by Gasteiger charge is 2.66. The number of aliphatic hydroxyl groups excluding tert-OH is 1. The van der Waals surface area contributed by atoms with Gasteiger partial charge in [0.05, 0.1) is 36.6 Å². The minimum absolute atomic E-state index is 0.0480. The van der Waals surface area contributed by atoms with Crippen LogP contribution in [-0.2, 0) is 37.8 Å². The maximum absolute atomic E-state index is 16.7. The van der Waals surface area contributed by atoms with Crippen LogP contribution >= 0.6 is 0 Å². The second-order valence-corrected chi connectivity index (χ2v) is 20.2. The van der Waals surface area contributed by atoms with Crippen molar-refractivity contribution in [2.45, 2.75) is 101 Å². The summed E-state index contributed by atoms with van der Waals surface area (Å²) >= 11 is 0. The number of nitrogens with zero attached hydrogens (tertiary/aromatic N) is 6. The average molecular weight is 779 g/mol. The van der Waals surface area contributed by atoms with E-state index in [4.69, 9.17) is 4.74 Å². The molecule has 0 aliphatic carbocycles. The van der Waals surface area contributed by atoms with Crippen molar-refractivity contribution in [2.75, 3.05) is 34.4 Å². The third-order valence-corrected chi connectivity index (χ3v) is 14.9. The number of ether oxygens (including phenoxy) is 1. The molecule has 0 bridgehead atoms. The summed E-state index contributed by atoms with van der Waals surface area (Å²) in [6.07, 6.45) is 6.17. The zero-order valence-corrected chi connectivity index (χ0v) is 33.4. The molecule has 1 unspecified atom stereocenters. The maximum atomic E-state index is 16.7. The molecule has 3 amide bonds. The van der Waals surface area contributed by atoms with Gasteiger partial charge in [-0.2, -0.15) is 0 Å². The van der Waals surface area contributed by atoms with Gasteiger partial charge in [0.25, 0.3) is 5.91 Å². The molecule has 13 heteroatoms. The number of fused-ring (bicyclic) bond motifs is 2. The highest BCUT2D eigenvalue weighted by atomic mass is 28.4. The van der Waals surface area contributed by atoms with E-state index in [2.05, 4.69) is 10.3 Å². The summed E-state index contributed by atoms with van der Waals surface area (Å²) < 4.78 is 25.5. The van der Waals surface area contributed by atoms with Crippen LogP contribution in [0.5, 0.6) is 0 Å². The summed E-state index contributed by atoms with van der Waals surface area (Å²) in [5, 5.41) is 19.0. The predicted octanol–water partition coefficient (Wildman–Crippen LogP) is 6.85. The second kappa shape index (κ2) is 15.3. The predicted molar refractivity (Wildman–Crippen MR) is 215 cm³/mol. The van der Waals surface area contributed by atoms with Crippen molar-refractivity contribution in [3.63, 3.8) is 0 Å². The Morgan fingerprint density at radius 2 is 1.61 bits per heavy atom. The van der Waals surface area contributed by atoms with Gasteiger partial charge in [-0.05, 0) is 86.7 Å². The third kappa shape index (κ3) is 6.87. The van der Waals surface area contributed by atoms with Gasteiger partial charge in [-0.15, -0.1) is 5.10 Å². The Hall–Kier alpha value is -4.72. The highest BCUT2D eigenvalue weighted by molar-refractivity contribution is 6.72. The fourth-order valence-corrected chi connectivity index (χ4v) is 12.2. The van der Waals surface area contributed by atoms with Crippen LogP contribution in [0, 0.1) is 5.92 Å². The number of benzene rings is 3. The number of rotatable bonds is 11. The molecule has 1 N–H and O–H groups in total. The van der Waals surface area contributed by atoms with E-state index in [-0.39, 0.29) is 36.8 Å². The first-order valence-electron chi connectivity index (χ1n) is 20.1. The summed E-state index contributed by atoms with van der Waals surface area (Å²) in [5.74, 6) is -0.940. The summed E-state index contributed by atoms with van der Waals surface area (Å²) in [4.78, 5) is 46.6. The van der Waals surface area contributed by atoms with Gasteiger partial charge in [-0.25, -0.2) is 0 Å². The standard InChI is InChI=1S/C43H51FN6O5Si/c1-29-41(56(2,3)44)38(20-23-47-27-36(45-46-47)34(28-51)31-13-5-4-6-14-31)55-43(29)35-25-33(49-22-10-8-17-40(49)53)18-19-37(35)50(42(43)54)26-30-12-11-15-32(24-30)48-21-9-7-16-39(48)52/h4-6,11-15,18-19,24-25,27,29,34,38,41,51H,7-10,16-17,20-23,26,28H2,1-3H3/t29-,34?,38+,41-,43+/m0/s1. The molecule has 56 heavy (non-hydrogen) atoms. The molecule has 4 aliphatic rings. The van der Waals surface area contributed by atoms with E-state index in [1.54, 1.807) is 27.6 Å². The van der Waals surface area contributed by atoms with Crippen LogP contribution in [0.2, 0.25) is 18.6 Å². The quantitative estimate of drug-likeness (QED) is 0.131. The fourth-order valence-electron chi connectivity index (χ4n) is 9.69. The molecular weight excluding hydrogens is 728 g/mol. The van der Waals surface area contributed by atoms with Crippen LogP contribution < -0.4 is 14.7 Å². The molecule has 4 aromatic rings. The molecule has 3 aromatic carbocycles. The molecule has 3 saturated heterocycles. The zero-order valence-electron chi connectivity index (χ0n) is 32.4. The first kappa shape index (κ1) is 38.2. The van der Waals surface area contributed by atoms with Crippen molar-refractivity contribution in [1.29, 1.82) is 0 Å². The van der Waals surface area contributed by atoms with Crippen molar-refractivity contribution in [2.24, 2.45) is 5.92 Å². The second-order valence-electron chi connectivity index (χ2n) is 16.4. The zero-order chi connectivity index (χ0) is 39.2. The Bertz CT molecular complexity index is 2110. The number of aryl methyl sites for hydroxylation is 1. The number of carbonyl (C=O) groups excluding carboxylic acids is 3. The van der Waals surface area contributed by atoms with Crippen LogP contribution in [0.4, 0.5) is 21.2 Å². The van der Waals surface area contributed by atoms with Gasteiger partial charge in [0.1, 0.15) is 0 Å². The smallest absolute Gasteiger partial charge is 0.264 e. The number of carbonyl (C=O) groups is 3. The summed E-state index contributed by atoms with van der Waals surface area (Å²) in [7, 11) is -3.46. The Morgan fingerprint density at radius 3 is 2.27 bits per heavy atom. The first-order valence-corrected chi connectivity index (χ1v) is 23.0. The molecule has 1 aromatic heterocycles. The number of anilines is 3. The lowest BCUT2D eigenvalue weighted by Crippen LogP contribution is -2.45. The van der Waals surface area contributed by atoms with Crippen molar-refractivity contribution >= 4 is 43.2 Å². The Kier molecular flexibility index (Phi) is 10.4. The fraction of sp³-hybridized carbons (Fsp3) is 0.465. The van der Waals surface area contributed by atoms with Crippen molar-refractivity contribution in [3.8, 4) is 0 Å². The topological polar surface area (TPSA) is 121 Å². The normalized spacial score (nSPS) is 24.7. The van der Waals surface area contributed by atoms with Gasteiger partial charge in [-0.3, -0.25) is 19.1 Å². The van der Waals surface area contributed by atoms with Gasteiger partial charge in [0.15, 0.2) is 5.60 Å². The number of hydrogen-bond acceptors (Lipinski definition) is 7. The van der Waals surface area contributed by atoms with E-state index in [1.807, 2.05) is 90.8 Å².